The van der Waals surface area contributed by atoms with Crippen molar-refractivity contribution in [3.8, 4) is 0 Å². The summed E-state index contributed by atoms with van der Waals surface area (Å²) < 4.78 is 38.3. The summed E-state index contributed by atoms with van der Waals surface area (Å²) in [6.07, 6.45) is 2.20. The zero-order valence-electron chi connectivity index (χ0n) is 12.2. The lowest BCUT2D eigenvalue weighted by molar-refractivity contribution is -0.132. The van der Waals surface area contributed by atoms with E-state index in [-0.39, 0.29) is 30.1 Å². The summed E-state index contributed by atoms with van der Waals surface area (Å²) in [5.41, 5.74) is 0.773. The highest BCUT2D eigenvalue weighted by Crippen LogP contribution is 2.32. The van der Waals surface area contributed by atoms with Gasteiger partial charge < -0.3 is 4.90 Å². The molecule has 1 aromatic carbocycles. The Hall–Kier alpha value is -1.47. The van der Waals surface area contributed by atoms with E-state index in [0.717, 1.165) is 18.4 Å². The topological polar surface area (TPSA) is 57.7 Å². The predicted molar refractivity (Wildman–Crippen MR) is 80.1 cm³/mol. The number of carbonyl (C=O) groups is 1. The normalized spacial score (nSPS) is 24.8. The van der Waals surface area contributed by atoms with Gasteiger partial charge in [0.05, 0.1) is 18.3 Å². The lowest BCUT2D eigenvalue weighted by Gasteiger charge is -2.27. The van der Waals surface area contributed by atoms with Crippen molar-refractivity contribution in [1.29, 1.82) is 0 Å². The molecular weight excluding hydrogens is 307 g/mol. The van der Waals surface area contributed by atoms with Gasteiger partial charge in [0.15, 0.2) is 0 Å². The minimum absolute atomic E-state index is 0.103. The summed E-state index contributed by atoms with van der Waals surface area (Å²) in [4.78, 5) is 14.2. The average Bonchev–Trinajstić information content (AvgIpc) is 3.06. The minimum Gasteiger partial charge on any atom is -0.335 e. The highest BCUT2D eigenvalue weighted by molar-refractivity contribution is 7.89. The number of halogens is 1. The van der Waals surface area contributed by atoms with Gasteiger partial charge in [-0.1, -0.05) is 12.1 Å². The summed E-state index contributed by atoms with van der Waals surface area (Å²) in [6.45, 7) is 0.897. The van der Waals surface area contributed by atoms with Gasteiger partial charge in [-0.25, -0.2) is 12.8 Å². The number of benzene rings is 1. The van der Waals surface area contributed by atoms with Crippen LogP contribution in [0.5, 0.6) is 0 Å². The highest BCUT2D eigenvalue weighted by atomic mass is 32.2. The van der Waals surface area contributed by atoms with Crippen molar-refractivity contribution in [3.63, 3.8) is 0 Å². The summed E-state index contributed by atoms with van der Waals surface area (Å²) in [5, 5.41) is 0. The fourth-order valence-electron chi connectivity index (χ4n) is 3.24. The Labute approximate surface area is 129 Å². The quantitative estimate of drug-likeness (QED) is 0.846. The molecule has 0 bridgehead atoms. The van der Waals surface area contributed by atoms with Crippen LogP contribution in [0.1, 0.15) is 30.9 Å². The molecular formula is C15H19FN2O3S. The van der Waals surface area contributed by atoms with Crippen LogP contribution >= 0.6 is 0 Å². The van der Waals surface area contributed by atoms with Crippen LogP contribution in [0.15, 0.2) is 24.3 Å². The van der Waals surface area contributed by atoms with E-state index in [1.807, 2.05) is 6.07 Å². The van der Waals surface area contributed by atoms with E-state index >= 15 is 0 Å². The van der Waals surface area contributed by atoms with Crippen LogP contribution < -0.4 is 0 Å². The maximum absolute atomic E-state index is 13.4. The van der Waals surface area contributed by atoms with Gasteiger partial charge in [0.1, 0.15) is 5.82 Å². The number of hydrogen-bond acceptors (Lipinski definition) is 3. The molecule has 0 radical (unpaired) electrons. The van der Waals surface area contributed by atoms with Gasteiger partial charge in [0.2, 0.25) is 15.9 Å². The molecule has 0 spiro atoms. The maximum Gasteiger partial charge on any atom is 0.238 e. The van der Waals surface area contributed by atoms with E-state index in [1.165, 1.54) is 16.4 Å². The van der Waals surface area contributed by atoms with Gasteiger partial charge >= 0.3 is 0 Å². The molecule has 2 fully saturated rings. The maximum atomic E-state index is 13.4. The molecule has 2 aliphatic heterocycles. The first-order valence-corrected chi connectivity index (χ1v) is 9.11. The van der Waals surface area contributed by atoms with Crippen molar-refractivity contribution in [1.82, 2.24) is 9.21 Å². The molecule has 2 saturated heterocycles. The second-order valence-corrected chi connectivity index (χ2v) is 7.89. The third kappa shape index (κ3) is 3.01. The number of rotatable bonds is 3. The first kappa shape index (κ1) is 15.4. The number of carbonyl (C=O) groups excluding carboxylic acids is 1. The summed E-state index contributed by atoms with van der Waals surface area (Å²) in [6, 6.07) is 6.11. The second-order valence-electron chi connectivity index (χ2n) is 5.80. The Bertz CT molecular complexity index is 677. The Balaban J connectivity index is 1.74. The van der Waals surface area contributed by atoms with Crippen molar-refractivity contribution in [2.24, 2.45) is 0 Å². The molecule has 22 heavy (non-hydrogen) atoms. The fraction of sp³-hybridized carbons (Fsp3) is 0.533. The molecule has 5 nitrogen and oxygen atoms in total. The van der Waals surface area contributed by atoms with Crippen molar-refractivity contribution in [3.05, 3.63) is 35.6 Å². The fourth-order valence-corrected chi connectivity index (χ4v) is 4.70. The van der Waals surface area contributed by atoms with Gasteiger partial charge in [0, 0.05) is 13.1 Å². The van der Waals surface area contributed by atoms with E-state index in [2.05, 4.69) is 0 Å². The van der Waals surface area contributed by atoms with Crippen molar-refractivity contribution in [2.75, 3.05) is 25.4 Å². The van der Waals surface area contributed by atoms with Crippen LogP contribution in [-0.2, 0) is 14.8 Å². The Morgan fingerprint density at radius 3 is 2.77 bits per heavy atom. The number of hydrogen-bond donors (Lipinski definition) is 0. The van der Waals surface area contributed by atoms with E-state index in [0.29, 0.717) is 19.5 Å². The monoisotopic (exact) mass is 326 g/mol. The Morgan fingerprint density at radius 1 is 1.27 bits per heavy atom. The van der Waals surface area contributed by atoms with E-state index < -0.39 is 10.0 Å². The van der Waals surface area contributed by atoms with Gasteiger partial charge in [-0.2, -0.15) is 4.31 Å². The first-order valence-electron chi connectivity index (χ1n) is 7.50. The average molecular weight is 326 g/mol. The molecule has 7 heteroatoms. The Kier molecular flexibility index (Phi) is 4.18. The third-order valence-electron chi connectivity index (χ3n) is 4.32. The van der Waals surface area contributed by atoms with Crippen molar-refractivity contribution < 1.29 is 17.6 Å². The lowest BCUT2D eigenvalue weighted by Crippen LogP contribution is -2.40. The number of likely N-dealkylation sites (tertiary alicyclic amines) is 1. The molecule has 1 aromatic rings. The number of sulfonamides is 1. The van der Waals surface area contributed by atoms with Crippen molar-refractivity contribution >= 4 is 15.9 Å². The van der Waals surface area contributed by atoms with E-state index in [1.54, 1.807) is 11.0 Å². The Morgan fingerprint density at radius 2 is 2.09 bits per heavy atom. The van der Waals surface area contributed by atoms with E-state index in [4.69, 9.17) is 0 Å². The zero-order chi connectivity index (χ0) is 15.7. The molecule has 1 atom stereocenters. The van der Waals surface area contributed by atoms with Crippen molar-refractivity contribution in [2.45, 2.75) is 25.3 Å². The first-order chi connectivity index (χ1) is 10.5. The van der Waals surface area contributed by atoms with Crippen LogP contribution in [0.25, 0.3) is 0 Å². The van der Waals surface area contributed by atoms with Gasteiger partial charge in [-0.3, -0.25) is 4.79 Å². The predicted octanol–water partition coefficient (Wildman–Crippen LogP) is 1.52. The molecule has 0 N–H and O–H groups in total. The third-order valence-corrected chi connectivity index (χ3v) is 6.22. The zero-order valence-corrected chi connectivity index (χ0v) is 13.1. The van der Waals surface area contributed by atoms with Gasteiger partial charge in [0.25, 0.3) is 0 Å². The second kappa shape index (κ2) is 5.96. The molecule has 0 aromatic heterocycles. The highest BCUT2D eigenvalue weighted by Gasteiger charge is 2.35. The molecule has 120 valence electrons. The molecule has 3 rings (SSSR count). The molecule has 1 unspecified atom stereocenters. The van der Waals surface area contributed by atoms with Gasteiger partial charge in [-0.05, 0) is 37.0 Å². The summed E-state index contributed by atoms with van der Waals surface area (Å²) in [7, 11) is -3.27. The SMILES string of the molecule is O=C(CN1CCCS1(=O)=O)N1CCCC1c1cccc(F)c1. The summed E-state index contributed by atoms with van der Waals surface area (Å²) >= 11 is 0. The molecule has 2 aliphatic rings. The molecule has 1 amide bonds. The number of amides is 1. The molecule has 0 saturated carbocycles. The lowest BCUT2D eigenvalue weighted by atomic mass is 10.0. The van der Waals surface area contributed by atoms with Crippen LogP contribution in [0, 0.1) is 5.82 Å². The van der Waals surface area contributed by atoms with Crippen LogP contribution in [-0.4, -0.2) is 48.9 Å². The number of nitrogens with zero attached hydrogens (tertiary/aromatic N) is 2. The van der Waals surface area contributed by atoms with Gasteiger partial charge in [-0.15, -0.1) is 0 Å². The van der Waals surface area contributed by atoms with Crippen LogP contribution in [0.3, 0.4) is 0 Å². The smallest absolute Gasteiger partial charge is 0.238 e. The molecule has 0 aliphatic carbocycles. The standard InChI is InChI=1S/C15H19FN2O3S/c16-13-5-1-4-12(10-13)14-6-2-8-18(14)15(19)11-17-7-3-9-22(17,20)21/h1,4-5,10,14H,2-3,6-9,11H2. The summed E-state index contributed by atoms with van der Waals surface area (Å²) in [5.74, 6) is -0.399. The van der Waals surface area contributed by atoms with Crippen LogP contribution in [0.2, 0.25) is 0 Å². The van der Waals surface area contributed by atoms with E-state index in [9.17, 15) is 17.6 Å². The van der Waals surface area contributed by atoms with Crippen LogP contribution in [0.4, 0.5) is 4.39 Å². The molecule has 2 heterocycles. The largest absolute Gasteiger partial charge is 0.335 e. The minimum atomic E-state index is -3.27.